The summed E-state index contributed by atoms with van der Waals surface area (Å²) in [6, 6.07) is 4.06. The molecule has 4 nitrogen and oxygen atoms in total. The minimum atomic E-state index is -0.356. The Balaban J connectivity index is 3.25. The summed E-state index contributed by atoms with van der Waals surface area (Å²) in [5.41, 5.74) is 3.38. The molecule has 1 atom stereocenters. The summed E-state index contributed by atoms with van der Waals surface area (Å²) in [6.07, 6.45) is -0.356. The van der Waals surface area contributed by atoms with E-state index >= 15 is 0 Å². The third-order valence-corrected chi connectivity index (χ3v) is 3.29. The van der Waals surface area contributed by atoms with Crippen molar-refractivity contribution in [3.05, 3.63) is 28.8 Å². The zero-order valence-corrected chi connectivity index (χ0v) is 12.0. The lowest BCUT2D eigenvalue weighted by atomic mass is 9.98. The molecule has 4 heteroatoms. The van der Waals surface area contributed by atoms with E-state index < -0.39 is 0 Å². The third kappa shape index (κ3) is 2.83. The number of hydrogen-bond donors (Lipinski definition) is 1. The van der Waals surface area contributed by atoms with Gasteiger partial charge in [0.2, 0.25) is 0 Å². The zero-order chi connectivity index (χ0) is 13.7. The molecular formula is C14H23NO3. The van der Waals surface area contributed by atoms with E-state index in [0.29, 0.717) is 0 Å². The van der Waals surface area contributed by atoms with Crippen molar-refractivity contribution in [1.82, 2.24) is 5.32 Å². The van der Waals surface area contributed by atoms with Crippen LogP contribution in [0.25, 0.3) is 0 Å². The van der Waals surface area contributed by atoms with Crippen molar-refractivity contribution < 1.29 is 14.2 Å². The zero-order valence-electron chi connectivity index (χ0n) is 12.0. The molecular weight excluding hydrogens is 230 g/mol. The Labute approximate surface area is 109 Å². The molecule has 0 aliphatic carbocycles. The molecule has 1 N–H and O–H groups in total. The highest BCUT2D eigenvalue weighted by Crippen LogP contribution is 2.33. The van der Waals surface area contributed by atoms with Crippen LogP contribution in [0, 0.1) is 13.8 Å². The van der Waals surface area contributed by atoms with Crippen LogP contribution in [-0.2, 0) is 9.47 Å². The highest BCUT2D eigenvalue weighted by atomic mass is 16.7. The first kappa shape index (κ1) is 15.0. The maximum Gasteiger partial charge on any atom is 0.176 e. The highest BCUT2D eigenvalue weighted by Gasteiger charge is 2.25. The van der Waals surface area contributed by atoms with Crippen molar-refractivity contribution in [2.45, 2.75) is 26.2 Å². The van der Waals surface area contributed by atoms with Gasteiger partial charge >= 0.3 is 0 Å². The van der Waals surface area contributed by atoms with Gasteiger partial charge in [-0.1, -0.05) is 12.1 Å². The molecule has 1 aromatic carbocycles. The molecule has 0 bridgehead atoms. The van der Waals surface area contributed by atoms with Crippen LogP contribution in [0.2, 0.25) is 0 Å². The van der Waals surface area contributed by atoms with Crippen molar-refractivity contribution in [3.8, 4) is 5.75 Å². The normalized spacial score (nSPS) is 12.8. The number of benzene rings is 1. The van der Waals surface area contributed by atoms with Gasteiger partial charge in [-0.3, -0.25) is 0 Å². The number of likely N-dealkylation sites (N-methyl/N-ethyl adjacent to an activating group) is 1. The smallest absolute Gasteiger partial charge is 0.176 e. The largest absolute Gasteiger partial charge is 0.496 e. The summed E-state index contributed by atoms with van der Waals surface area (Å²) in [4.78, 5) is 0. The van der Waals surface area contributed by atoms with Gasteiger partial charge in [-0.25, -0.2) is 0 Å². The quantitative estimate of drug-likeness (QED) is 0.789. The lowest BCUT2D eigenvalue weighted by molar-refractivity contribution is -0.123. The summed E-state index contributed by atoms with van der Waals surface area (Å²) >= 11 is 0. The lowest BCUT2D eigenvalue weighted by Crippen LogP contribution is -2.32. The molecule has 0 saturated carbocycles. The van der Waals surface area contributed by atoms with Crippen molar-refractivity contribution in [1.29, 1.82) is 0 Å². The predicted octanol–water partition coefficient (Wildman–Crippen LogP) is 2.19. The predicted molar refractivity (Wildman–Crippen MR) is 72.1 cm³/mol. The summed E-state index contributed by atoms with van der Waals surface area (Å²) in [5, 5.41) is 3.21. The molecule has 102 valence electrons. The minimum Gasteiger partial charge on any atom is -0.496 e. The Hall–Kier alpha value is -1.10. The fourth-order valence-corrected chi connectivity index (χ4v) is 2.13. The van der Waals surface area contributed by atoms with E-state index in [0.717, 1.165) is 16.9 Å². The van der Waals surface area contributed by atoms with Gasteiger partial charge in [-0.15, -0.1) is 0 Å². The molecule has 0 radical (unpaired) electrons. The average molecular weight is 253 g/mol. The van der Waals surface area contributed by atoms with Crippen LogP contribution >= 0.6 is 0 Å². The van der Waals surface area contributed by atoms with E-state index in [9.17, 15) is 0 Å². The Kier molecular flexibility index (Phi) is 5.59. The number of ether oxygens (including phenoxy) is 3. The van der Waals surface area contributed by atoms with Crippen LogP contribution in [0.4, 0.5) is 0 Å². The molecule has 1 aromatic rings. The van der Waals surface area contributed by atoms with Crippen LogP contribution in [0.5, 0.6) is 5.75 Å². The molecule has 0 aromatic heterocycles. The summed E-state index contributed by atoms with van der Waals surface area (Å²) in [7, 11) is 6.83. The first-order valence-corrected chi connectivity index (χ1v) is 5.97. The molecule has 0 fully saturated rings. The maximum atomic E-state index is 5.53. The third-order valence-electron chi connectivity index (χ3n) is 3.29. The van der Waals surface area contributed by atoms with E-state index in [4.69, 9.17) is 14.2 Å². The van der Waals surface area contributed by atoms with Gasteiger partial charge in [0.15, 0.2) is 6.29 Å². The highest BCUT2D eigenvalue weighted by molar-refractivity contribution is 5.47. The average Bonchev–Trinajstić information content (AvgIpc) is 2.39. The fraction of sp³-hybridized carbons (Fsp3) is 0.571. The van der Waals surface area contributed by atoms with Crippen LogP contribution in [0.15, 0.2) is 12.1 Å². The second-order valence-electron chi connectivity index (χ2n) is 4.24. The molecule has 0 aliphatic rings. The van der Waals surface area contributed by atoms with Crippen LogP contribution in [0.1, 0.15) is 22.7 Å². The fourth-order valence-electron chi connectivity index (χ4n) is 2.13. The van der Waals surface area contributed by atoms with Crippen molar-refractivity contribution in [2.75, 3.05) is 28.4 Å². The van der Waals surface area contributed by atoms with Gasteiger partial charge in [-0.05, 0) is 32.0 Å². The molecule has 0 spiro atoms. The Morgan fingerprint density at radius 2 is 1.67 bits per heavy atom. The minimum absolute atomic E-state index is 0.0748. The van der Waals surface area contributed by atoms with E-state index in [1.165, 1.54) is 5.56 Å². The first-order chi connectivity index (χ1) is 8.60. The SMILES string of the molecule is CNC(c1ccc(C)c(C)c1OC)C(OC)OC. The van der Waals surface area contributed by atoms with E-state index in [1.807, 2.05) is 13.1 Å². The van der Waals surface area contributed by atoms with E-state index in [2.05, 4.69) is 25.2 Å². The van der Waals surface area contributed by atoms with Gasteiger partial charge < -0.3 is 19.5 Å². The number of methoxy groups -OCH3 is 3. The van der Waals surface area contributed by atoms with E-state index in [1.54, 1.807) is 21.3 Å². The number of aryl methyl sites for hydroxylation is 1. The van der Waals surface area contributed by atoms with Crippen molar-refractivity contribution >= 4 is 0 Å². The number of rotatable bonds is 6. The maximum absolute atomic E-state index is 5.53. The molecule has 1 unspecified atom stereocenters. The van der Waals surface area contributed by atoms with Crippen LogP contribution < -0.4 is 10.1 Å². The Morgan fingerprint density at radius 3 is 2.11 bits per heavy atom. The Bertz CT molecular complexity index is 389. The Morgan fingerprint density at radius 1 is 1.06 bits per heavy atom. The molecule has 0 heterocycles. The van der Waals surface area contributed by atoms with Gasteiger partial charge in [0.1, 0.15) is 5.75 Å². The van der Waals surface area contributed by atoms with Crippen molar-refractivity contribution in [3.63, 3.8) is 0 Å². The number of nitrogens with one attached hydrogen (secondary N) is 1. The van der Waals surface area contributed by atoms with E-state index in [-0.39, 0.29) is 12.3 Å². The van der Waals surface area contributed by atoms with Gasteiger partial charge in [-0.2, -0.15) is 0 Å². The van der Waals surface area contributed by atoms with Gasteiger partial charge in [0.05, 0.1) is 13.2 Å². The molecule has 0 amide bonds. The summed E-state index contributed by atoms with van der Waals surface area (Å²) < 4.78 is 16.2. The standard InChI is InChI=1S/C14H23NO3/c1-9-7-8-11(13(16-4)10(9)2)12(15-3)14(17-5)18-6/h7-8,12,14-15H,1-6H3. The second-order valence-corrected chi connectivity index (χ2v) is 4.24. The second kappa shape index (κ2) is 6.73. The van der Waals surface area contributed by atoms with Gasteiger partial charge in [0, 0.05) is 19.8 Å². The molecule has 0 saturated heterocycles. The number of hydrogen-bond acceptors (Lipinski definition) is 4. The molecule has 1 rings (SSSR count). The van der Waals surface area contributed by atoms with Crippen LogP contribution in [-0.4, -0.2) is 34.7 Å². The molecule has 18 heavy (non-hydrogen) atoms. The monoisotopic (exact) mass is 253 g/mol. The van der Waals surface area contributed by atoms with Gasteiger partial charge in [0.25, 0.3) is 0 Å². The lowest BCUT2D eigenvalue weighted by Gasteiger charge is -2.27. The molecule has 0 aliphatic heterocycles. The summed E-state index contributed by atoms with van der Waals surface area (Å²) in [5.74, 6) is 0.883. The first-order valence-electron chi connectivity index (χ1n) is 5.97. The topological polar surface area (TPSA) is 39.7 Å². The summed E-state index contributed by atoms with van der Waals surface area (Å²) in [6.45, 7) is 4.12. The van der Waals surface area contributed by atoms with Crippen molar-refractivity contribution in [2.24, 2.45) is 0 Å². The van der Waals surface area contributed by atoms with Crippen LogP contribution in [0.3, 0.4) is 0 Å².